The lowest BCUT2D eigenvalue weighted by atomic mass is 9.49. The lowest BCUT2D eigenvalue weighted by molar-refractivity contribution is -0.0670. The van der Waals surface area contributed by atoms with Gasteiger partial charge in [0.15, 0.2) is 0 Å². The zero-order chi connectivity index (χ0) is 13.1. The molecule has 1 aliphatic heterocycles. The molecule has 0 radical (unpaired) electrons. The Morgan fingerprint density at radius 1 is 1.11 bits per heavy atom. The molecule has 4 saturated carbocycles. The Hall–Kier alpha value is -0.550. The molecule has 1 heterocycles. The minimum atomic E-state index is -0.0672. The second kappa shape index (κ2) is 3.98. The fraction of sp³-hybridized carbons (Fsp3) is 0.941. The van der Waals surface area contributed by atoms with Gasteiger partial charge in [0.1, 0.15) is 0 Å². The molecule has 0 N–H and O–H groups in total. The minimum Gasteiger partial charge on any atom is -0.301 e. The van der Waals surface area contributed by atoms with E-state index in [1.165, 1.54) is 45.1 Å². The highest BCUT2D eigenvalue weighted by molar-refractivity contribution is 5.06. The van der Waals surface area contributed by atoms with E-state index < -0.39 is 0 Å². The fourth-order valence-corrected chi connectivity index (χ4v) is 6.24. The molecule has 4 bridgehead atoms. The molecule has 1 atom stereocenters. The summed E-state index contributed by atoms with van der Waals surface area (Å²) in [5.41, 5.74) is 0.581. The molecule has 0 aromatic heterocycles. The summed E-state index contributed by atoms with van der Waals surface area (Å²) in [4.78, 5) is 2.62. The molecular formula is C17H26N2. The maximum absolute atomic E-state index is 9.30. The number of rotatable bonds is 2. The van der Waals surface area contributed by atoms with E-state index in [1.54, 1.807) is 0 Å². The summed E-state index contributed by atoms with van der Waals surface area (Å²) in [5.74, 6) is 3.16. The largest absolute Gasteiger partial charge is 0.301 e. The van der Waals surface area contributed by atoms with Crippen LogP contribution in [-0.4, -0.2) is 24.5 Å². The van der Waals surface area contributed by atoms with Crippen molar-refractivity contribution in [3.05, 3.63) is 0 Å². The molecule has 2 nitrogen and oxygen atoms in total. The molecule has 5 fully saturated rings. The van der Waals surface area contributed by atoms with Gasteiger partial charge in [-0.2, -0.15) is 5.26 Å². The molecule has 5 aliphatic rings. The molecule has 4 aliphatic carbocycles. The van der Waals surface area contributed by atoms with Gasteiger partial charge in [-0.15, -0.1) is 0 Å². The van der Waals surface area contributed by atoms with Gasteiger partial charge >= 0.3 is 0 Å². The van der Waals surface area contributed by atoms with Gasteiger partial charge in [-0.1, -0.05) is 0 Å². The first-order chi connectivity index (χ1) is 9.08. The predicted octanol–water partition coefficient (Wildman–Crippen LogP) is 3.44. The molecule has 1 unspecified atom stereocenters. The topological polar surface area (TPSA) is 27.0 Å². The maximum Gasteiger partial charge on any atom is 0.0700 e. The van der Waals surface area contributed by atoms with Crippen molar-refractivity contribution in [2.45, 2.75) is 51.9 Å². The number of likely N-dealkylation sites (tertiary alicyclic amines) is 1. The van der Waals surface area contributed by atoms with E-state index in [1.807, 2.05) is 0 Å². The van der Waals surface area contributed by atoms with Crippen LogP contribution in [0.25, 0.3) is 0 Å². The predicted molar refractivity (Wildman–Crippen MR) is 75.4 cm³/mol. The highest BCUT2D eigenvalue weighted by atomic mass is 15.2. The summed E-state index contributed by atoms with van der Waals surface area (Å²) in [6.07, 6.45) is 10.2. The van der Waals surface area contributed by atoms with Crippen LogP contribution < -0.4 is 0 Å². The van der Waals surface area contributed by atoms with Crippen LogP contribution in [0.5, 0.6) is 0 Å². The van der Waals surface area contributed by atoms with Crippen molar-refractivity contribution in [3.63, 3.8) is 0 Å². The van der Waals surface area contributed by atoms with E-state index in [4.69, 9.17) is 0 Å². The molecule has 19 heavy (non-hydrogen) atoms. The summed E-state index contributed by atoms with van der Waals surface area (Å²) in [6.45, 7) is 5.62. The van der Waals surface area contributed by atoms with Gasteiger partial charge in [0.2, 0.25) is 0 Å². The molecule has 0 aromatic rings. The van der Waals surface area contributed by atoms with Crippen LogP contribution in [-0.2, 0) is 0 Å². The normalized spacial score (nSPS) is 52.5. The third-order valence-corrected chi connectivity index (χ3v) is 6.55. The Bertz CT molecular complexity index is 386. The summed E-state index contributed by atoms with van der Waals surface area (Å²) >= 11 is 0. The summed E-state index contributed by atoms with van der Waals surface area (Å²) in [5, 5.41) is 9.30. The van der Waals surface area contributed by atoms with Gasteiger partial charge in [-0.25, -0.2) is 0 Å². The van der Waals surface area contributed by atoms with Crippen LogP contribution >= 0.6 is 0 Å². The molecule has 104 valence electrons. The number of hydrogen-bond donors (Lipinski definition) is 0. The second-order valence-electron chi connectivity index (χ2n) is 8.55. The number of nitriles is 1. The number of nitrogens with zero attached hydrogens (tertiary/aromatic N) is 2. The molecule has 0 spiro atoms. The molecule has 2 heteroatoms. The van der Waals surface area contributed by atoms with Crippen molar-refractivity contribution in [1.82, 2.24) is 4.90 Å². The van der Waals surface area contributed by atoms with Crippen molar-refractivity contribution in [2.24, 2.45) is 28.6 Å². The Balaban J connectivity index is 1.47. The second-order valence-corrected chi connectivity index (χ2v) is 8.55. The van der Waals surface area contributed by atoms with E-state index in [2.05, 4.69) is 17.9 Å². The molecule has 5 rings (SSSR count). The third kappa shape index (κ3) is 2.02. The van der Waals surface area contributed by atoms with Crippen LogP contribution in [0, 0.1) is 39.9 Å². The molecule has 1 saturated heterocycles. The monoisotopic (exact) mass is 258 g/mol. The van der Waals surface area contributed by atoms with Crippen LogP contribution in [0.1, 0.15) is 51.9 Å². The van der Waals surface area contributed by atoms with Crippen molar-refractivity contribution < 1.29 is 0 Å². The van der Waals surface area contributed by atoms with Gasteiger partial charge < -0.3 is 4.90 Å². The standard InChI is InChI=1S/C17H26N2/c1-16(10-18)2-3-19(11-16)12-17-7-13-4-14(8-17)6-15(5-13)9-17/h13-15H,2-9,11-12H2,1H3. The van der Waals surface area contributed by atoms with Gasteiger partial charge in [-0.05, 0) is 81.6 Å². The molecule has 0 aromatic carbocycles. The Labute approximate surface area is 117 Å². The van der Waals surface area contributed by atoms with Crippen molar-refractivity contribution in [2.75, 3.05) is 19.6 Å². The molecular weight excluding hydrogens is 232 g/mol. The van der Waals surface area contributed by atoms with E-state index >= 15 is 0 Å². The van der Waals surface area contributed by atoms with Crippen molar-refractivity contribution in [1.29, 1.82) is 5.26 Å². The highest BCUT2D eigenvalue weighted by Crippen LogP contribution is 2.60. The lowest BCUT2D eigenvalue weighted by Gasteiger charge is -2.57. The summed E-state index contributed by atoms with van der Waals surface area (Å²) in [7, 11) is 0. The van der Waals surface area contributed by atoms with Crippen LogP contribution in [0.2, 0.25) is 0 Å². The average molecular weight is 258 g/mol. The smallest absolute Gasteiger partial charge is 0.0700 e. The van der Waals surface area contributed by atoms with Gasteiger partial charge in [0.05, 0.1) is 11.5 Å². The average Bonchev–Trinajstić information content (AvgIpc) is 2.69. The maximum atomic E-state index is 9.30. The number of hydrogen-bond acceptors (Lipinski definition) is 2. The lowest BCUT2D eigenvalue weighted by Crippen LogP contribution is -2.51. The van der Waals surface area contributed by atoms with Gasteiger partial charge in [-0.3, -0.25) is 0 Å². The van der Waals surface area contributed by atoms with Crippen LogP contribution in [0.15, 0.2) is 0 Å². The quantitative estimate of drug-likeness (QED) is 0.758. The Kier molecular flexibility index (Phi) is 2.56. The first-order valence-electron chi connectivity index (χ1n) is 8.22. The molecule has 0 amide bonds. The zero-order valence-corrected chi connectivity index (χ0v) is 12.2. The Morgan fingerprint density at radius 2 is 1.68 bits per heavy atom. The zero-order valence-electron chi connectivity index (χ0n) is 12.2. The first kappa shape index (κ1) is 12.2. The fourth-order valence-electron chi connectivity index (χ4n) is 6.24. The van der Waals surface area contributed by atoms with E-state index in [-0.39, 0.29) is 5.41 Å². The van der Waals surface area contributed by atoms with E-state index in [0.717, 1.165) is 37.3 Å². The first-order valence-corrected chi connectivity index (χ1v) is 8.22. The van der Waals surface area contributed by atoms with Gasteiger partial charge in [0, 0.05) is 13.1 Å². The van der Waals surface area contributed by atoms with Crippen LogP contribution in [0.3, 0.4) is 0 Å². The SMILES string of the molecule is CC1(C#N)CCN(CC23CC4CC(CC(C4)C2)C3)C1. The third-order valence-electron chi connectivity index (χ3n) is 6.55. The Morgan fingerprint density at radius 3 is 2.16 bits per heavy atom. The van der Waals surface area contributed by atoms with Crippen molar-refractivity contribution in [3.8, 4) is 6.07 Å². The van der Waals surface area contributed by atoms with E-state index in [0.29, 0.717) is 5.41 Å². The van der Waals surface area contributed by atoms with Gasteiger partial charge in [0.25, 0.3) is 0 Å². The van der Waals surface area contributed by atoms with Crippen LogP contribution in [0.4, 0.5) is 0 Å². The highest BCUT2D eigenvalue weighted by Gasteiger charge is 2.52. The summed E-state index contributed by atoms with van der Waals surface area (Å²) in [6, 6.07) is 2.54. The minimum absolute atomic E-state index is 0.0672. The summed E-state index contributed by atoms with van der Waals surface area (Å²) < 4.78 is 0. The van der Waals surface area contributed by atoms with E-state index in [9.17, 15) is 5.26 Å². The van der Waals surface area contributed by atoms with Crippen molar-refractivity contribution >= 4 is 0 Å².